The van der Waals surface area contributed by atoms with E-state index in [0.29, 0.717) is 18.0 Å². The Bertz CT molecular complexity index is 678. The fraction of sp³-hybridized carbons (Fsp3) is 0.714. The van der Waals surface area contributed by atoms with Crippen molar-refractivity contribution < 1.29 is 9.53 Å². The van der Waals surface area contributed by atoms with Crippen LogP contribution in [0.1, 0.15) is 55.3 Å². The van der Waals surface area contributed by atoms with E-state index in [4.69, 9.17) is 4.74 Å². The summed E-state index contributed by atoms with van der Waals surface area (Å²) >= 11 is 0. The van der Waals surface area contributed by atoms with Crippen LogP contribution in [0.25, 0.3) is 0 Å². The van der Waals surface area contributed by atoms with Crippen molar-refractivity contribution in [3.8, 4) is 5.88 Å². The summed E-state index contributed by atoms with van der Waals surface area (Å²) in [6, 6.07) is 3.25. The highest BCUT2D eigenvalue weighted by atomic mass is 16.5. The molecule has 1 N–H and O–H groups in total. The van der Waals surface area contributed by atoms with E-state index in [1.807, 2.05) is 6.07 Å². The zero-order valence-electron chi connectivity index (χ0n) is 16.8. The van der Waals surface area contributed by atoms with Crippen LogP contribution in [-0.2, 0) is 6.54 Å². The summed E-state index contributed by atoms with van der Waals surface area (Å²) in [5.41, 5.74) is 3.54. The number of likely N-dealkylation sites (tertiary alicyclic amines) is 1. The third-order valence-corrected chi connectivity index (χ3v) is 6.65. The standard InChI is InChI=1S/C21H32N4O2/c1-14-11-20(27-3)22-15(2)17(14)12-24-10-9-19-18(13-24)23-21(26)25(19)16-7-5-4-6-8-16/h11,16,18-19H,4-10,12-13H2,1-3H3,(H,23,26). The summed E-state index contributed by atoms with van der Waals surface area (Å²) in [4.78, 5) is 21.9. The SMILES string of the molecule is COc1cc(C)c(CN2CCC3C(C2)NC(=O)N3C2CCCCC2)c(C)n1. The van der Waals surface area contributed by atoms with Gasteiger partial charge in [0.2, 0.25) is 5.88 Å². The maximum atomic E-state index is 12.7. The molecule has 0 aromatic carbocycles. The predicted molar refractivity (Wildman–Crippen MR) is 105 cm³/mol. The molecule has 3 aliphatic rings. The van der Waals surface area contributed by atoms with E-state index in [0.717, 1.165) is 31.7 Å². The average Bonchev–Trinajstić information content (AvgIpc) is 3.00. The molecule has 27 heavy (non-hydrogen) atoms. The van der Waals surface area contributed by atoms with Crippen LogP contribution in [-0.4, -0.2) is 59.1 Å². The molecule has 2 atom stereocenters. The Kier molecular flexibility index (Phi) is 5.26. The fourth-order valence-corrected chi connectivity index (χ4v) is 5.20. The molecular weight excluding hydrogens is 340 g/mol. The van der Waals surface area contributed by atoms with E-state index in [9.17, 15) is 4.79 Å². The van der Waals surface area contributed by atoms with Crippen molar-refractivity contribution in [3.05, 3.63) is 22.9 Å². The van der Waals surface area contributed by atoms with Crippen LogP contribution < -0.4 is 10.1 Å². The predicted octanol–water partition coefficient (Wildman–Crippen LogP) is 3.01. The summed E-state index contributed by atoms with van der Waals surface area (Å²) in [5, 5.41) is 3.28. The van der Waals surface area contributed by atoms with Crippen molar-refractivity contribution >= 4 is 6.03 Å². The van der Waals surface area contributed by atoms with Gasteiger partial charge in [-0.25, -0.2) is 9.78 Å². The molecule has 3 heterocycles. The number of hydrogen-bond acceptors (Lipinski definition) is 4. The molecule has 1 aromatic heterocycles. The largest absolute Gasteiger partial charge is 0.481 e. The third-order valence-electron chi connectivity index (χ3n) is 6.65. The Labute approximate surface area is 162 Å². The number of urea groups is 1. The zero-order chi connectivity index (χ0) is 19.0. The lowest BCUT2D eigenvalue weighted by Gasteiger charge is -2.40. The second kappa shape index (κ2) is 7.66. The van der Waals surface area contributed by atoms with Gasteiger partial charge in [0.25, 0.3) is 0 Å². The first kappa shape index (κ1) is 18.5. The first-order valence-corrected chi connectivity index (χ1v) is 10.4. The Hall–Kier alpha value is -1.82. The van der Waals surface area contributed by atoms with Crippen molar-refractivity contribution in [2.45, 2.75) is 77.0 Å². The van der Waals surface area contributed by atoms with Gasteiger partial charge in [-0.15, -0.1) is 0 Å². The molecule has 4 rings (SSSR count). The van der Waals surface area contributed by atoms with Gasteiger partial charge in [0.15, 0.2) is 0 Å². The number of amides is 2. The Morgan fingerprint density at radius 3 is 2.70 bits per heavy atom. The number of pyridine rings is 1. The number of hydrogen-bond donors (Lipinski definition) is 1. The third kappa shape index (κ3) is 3.64. The lowest BCUT2D eigenvalue weighted by molar-refractivity contribution is 0.101. The van der Waals surface area contributed by atoms with Crippen LogP contribution in [0, 0.1) is 13.8 Å². The maximum absolute atomic E-state index is 12.7. The molecule has 2 aliphatic heterocycles. The molecule has 2 amide bonds. The van der Waals surface area contributed by atoms with Gasteiger partial charge in [-0.1, -0.05) is 19.3 Å². The van der Waals surface area contributed by atoms with E-state index in [2.05, 4.69) is 33.9 Å². The number of rotatable bonds is 4. The summed E-state index contributed by atoms with van der Waals surface area (Å²) in [7, 11) is 1.66. The smallest absolute Gasteiger partial charge is 0.318 e. The summed E-state index contributed by atoms with van der Waals surface area (Å²) in [6.07, 6.45) is 7.26. The van der Waals surface area contributed by atoms with E-state index in [1.54, 1.807) is 7.11 Å². The van der Waals surface area contributed by atoms with Crippen LogP contribution >= 0.6 is 0 Å². The van der Waals surface area contributed by atoms with E-state index < -0.39 is 0 Å². The minimum absolute atomic E-state index is 0.164. The van der Waals surface area contributed by atoms with Gasteiger partial charge >= 0.3 is 6.03 Å². The number of fused-ring (bicyclic) bond motifs is 1. The minimum Gasteiger partial charge on any atom is -0.481 e. The lowest BCUT2D eigenvalue weighted by atomic mass is 9.91. The first-order chi connectivity index (χ1) is 13.1. The second-order valence-corrected chi connectivity index (χ2v) is 8.39. The van der Waals surface area contributed by atoms with Crippen LogP contribution in [0.3, 0.4) is 0 Å². The molecule has 0 bridgehead atoms. The topological polar surface area (TPSA) is 57.7 Å². The van der Waals surface area contributed by atoms with Gasteiger partial charge in [0.1, 0.15) is 0 Å². The Morgan fingerprint density at radius 1 is 1.22 bits per heavy atom. The van der Waals surface area contributed by atoms with E-state index in [1.165, 1.54) is 43.2 Å². The molecule has 148 valence electrons. The number of nitrogens with zero attached hydrogens (tertiary/aromatic N) is 3. The summed E-state index contributed by atoms with van der Waals surface area (Å²) in [5.74, 6) is 0.679. The molecule has 0 spiro atoms. The number of piperidine rings is 1. The number of methoxy groups -OCH3 is 1. The molecule has 6 nitrogen and oxygen atoms in total. The molecule has 3 fully saturated rings. The number of ether oxygens (including phenoxy) is 1. The van der Waals surface area contributed by atoms with Crippen molar-refractivity contribution in [2.24, 2.45) is 0 Å². The molecule has 0 radical (unpaired) electrons. The highest BCUT2D eigenvalue weighted by molar-refractivity contribution is 5.78. The fourth-order valence-electron chi connectivity index (χ4n) is 5.20. The molecule has 1 saturated carbocycles. The van der Waals surface area contributed by atoms with E-state index in [-0.39, 0.29) is 12.1 Å². The van der Waals surface area contributed by atoms with Gasteiger partial charge in [-0.3, -0.25) is 4.90 Å². The normalized spacial score (nSPS) is 26.8. The Morgan fingerprint density at radius 2 is 2.00 bits per heavy atom. The molecule has 1 aromatic rings. The van der Waals surface area contributed by atoms with Gasteiger partial charge in [0, 0.05) is 37.4 Å². The minimum atomic E-state index is 0.164. The van der Waals surface area contributed by atoms with Crippen molar-refractivity contribution in [3.63, 3.8) is 0 Å². The molecular formula is C21H32N4O2. The van der Waals surface area contributed by atoms with Crippen LogP contribution in [0.5, 0.6) is 5.88 Å². The lowest BCUT2D eigenvalue weighted by Crippen LogP contribution is -2.52. The maximum Gasteiger partial charge on any atom is 0.318 e. The number of carbonyl (C=O) groups is 1. The van der Waals surface area contributed by atoms with E-state index >= 15 is 0 Å². The number of aryl methyl sites for hydroxylation is 2. The number of carbonyl (C=O) groups excluding carboxylic acids is 1. The quantitative estimate of drug-likeness (QED) is 0.883. The van der Waals surface area contributed by atoms with Crippen molar-refractivity contribution in [1.29, 1.82) is 0 Å². The van der Waals surface area contributed by atoms with Gasteiger partial charge in [0.05, 0.1) is 19.2 Å². The van der Waals surface area contributed by atoms with Crippen LogP contribution in [0.4, 0.5) is 4.79 Å². The first-order valence-electron chi connectivity index (χ1n) is 10.4. The molecule has 2 saturated heterocycles. The van der Waals surface area contributed by atoms with Crippen LogP contribution in [0.2, 0.25) is 0 Å². The number of aromatic nitrogens is 1. The molecule has 6 heteroatoms. The average molecular weight is 373 g/mol. The summed E-state index contributed by atoms with van der Waals surface area (Å²) in [6.45, 7) is 7.02. The van der Waals surface area contributed by atoms with Crippen molar-refractivity contribution in [1.82, 2.24) is 20.1 Å². The highest BCUT2D eigenvalue weighted by Gasteiger charge is 2.45. The monoisotopic (exact) mass is 372 g/mol. The summed E-state index contributed by atoms with van der Waals surface area (Å²) < 4.78 is 5.28. The van der Waals surface area contributed by atoms with Crippen LogP contribution in [0.15, 0.2) is 6.07 Å². The zero-order valence-corrected chi connectivity index (χ0v) is 16.8. The van der Waals surface area contributed by atoms with Gasteiger partial charge < -0.3 is 15.0 Å². The van der Waals surface area contributed by atoms with Crippen molar-refractivity contribution in [2.75, 3.05) is 20.2 Å². The van der Waals surface area contributed by atoms with Gasteiger partial charge in [-0.05, 0) is 44.2 Å². The molecule has 2 unspecified atom stereocenters. The Balaban J connectivity index is 1.43. The molecule has 1 aliphatic carbocycles. The van der Waals surface area contributed by atoms with Gasteiger partial charge in [-0.2, -0.15) is 0 Å². The highest BCUT2D eigenvalue weighted by Crippen LogP contribution is 2.32. The number of nitrogens with one attached hydrogen (secondary N) is 1. The second-order valence-electron chi connectivity index (χ2n) is 8.39.